The van der Waals surface area contributed by atoms with Crippen molar-refractivity contribution in [1.82, 2.24) is 14.7 Å². The van der Waals surface area contributed by atoms with Crippen molar-refractivity contribution in [2.45, 2.75) is 12.6 Å². The van der Waals surface area contributed by atoms with Crippen molar-refractivity contribution in [3.8, 4) is 6.07 Å². The molecule has 1 fully saturated rings. The molecule has 1 aromatic carbocycles. The predicted octanol–water partition coefficient (Wildman–Crippen LogP) is 0.125. The number of aliphatic hydroxyl groups is 1. The second kappa shape index (κ2) is 8.06. The molecule has 1 amide bonds. The Morgan fingerprint density at radius 2 is 2.09 bits per heavy atom. The van der Waals surface area contributed by atoms with Crippen molar-refractivity contribution in [3.63, 3.8) is 0 Å². The van der Waals surface area contributed by atoms with Gasteiger partial charge >= 0.3 is 0 Å². The van der Waals surface area contributed by atoms with Crippen molar-refractivity contribution < 1.29 is 9.90 Å². The van der Waals surface area contributed by atoms with Crippen molar-refractivity contribution >= 4 is 5.91 Å². The van der Waals surface area contributed by atoms with E-state index in [9.17, 15) is 15.2 Å². The van der Waals surface area contributed by atoms with Crippen LogP contribution in [-0.4, -0.2) is 78.6 Å². The Kier molecular flexibility index (Phi) is 6.11. The lowest BCUT2D eigenvalue weighted by Gasteiger charge is -2.23. The van der Waals surface area contributed by atoms with Crippen molar-refractivity contribution in [2.75, 3.05) is 46.8 Å². The highest BCUT2D eigenvalue weighted by atomic mass is 16.3. The van der Waals surface area contributed by atoms with E-state index in [1.54, 1.807) is 11.0 Å². The average molecular weight is 316 g/mol. The van der Waals surface area contributed by atoms with Gasteiger partial charge in [0.15, 0.2) is 0 Å². The van der Waals surface area contributed by atoms with E-state index in [1.165, 1.54) is 0 Å². The van der Waals surface area contributed by atoms with E-state index in [1.807, 2.05) is 37.2 Å². The topological polar surface area (TPSA) is 70.8 Å². The number of carbonyl (C=O) groups excluding carboxylic acids is 1. The highest BCUT2D eigenvalue weighted by molar-refractivity contribution is 5.78. The highest BCUT2D eigenvalue weighted by Gasteiger charge is 2.24. The van der Waals surface area contributed by atoms with Gasteiger partial charge in [0.1, 0.15) is 0 Å². The molecule has 1 atom stereocenters. The van der Waals surface area contributed by atoms with Crippen LogP contribution in [-0.2, 0) is 11.3 Å². The van der Waals surface area contributed by atoms with Crippen LogP contribution in [0.3, 0.4) is 0 Å². The van der Waals surface area contributed by atoms with E-state index >= 15 is 0 Å². The van der Waals surface area contributed by atoms with Gasteiger partial charge in [-0.2, -0.15) is 5.26 Å². The molecule has 0 saturated carbocycles. The number of nitriles is 1. The normalized spacial score (nSPS) is 19.4. The van der Waals surface area contributed by atoms with Gasteiger partial charge in [0, 0.05) is 32.7 Å². The lowest BCUT2D eigenvalue weighted by Crippen LogP contribution is -2.42. The molecule has 6 nitrogen and oxygen atoms in total. The zero-order chi connectivity index (χ0) is 16.8. The molecule has 1 aliphatic heterocycles. The Hall–Kier alpha value is -1.94. The summed E-state index contributed by atoms with van der Waals surface area (Å²) in [5, 5.41) is 19.4. The Balaban J connectivity index is 2.01. The zero-order valence-electron chi connectivity index (χ0n) is 13.8. The number of rotatable bonds is 4. The minimum absolute atomic E-state index is 0.0355. The van der Waals surface area contributed by atoms with Gasteiger partial charge in [0.25, 0.3) is 0 Å². The molecule has 124 valence electrons. The summed E-state index contributed by atoms with van der Waals surface area (Å²) in [6.07, 6.45) is -0.571. The number of hydrogen-bond donors (Lipinski definition) is 1. The van der Waals surface area contributed by atoms with Gasteiger partial charge in [-0.3, -0.25) is 9.69 Å². The largest absolute Gasteiger partial charge is 0.390 e. The zero-order valence-corrected chi connectivity index (χ0v) is 13.8. The van der Waals surface area contributed by atoms with E-state index < -0.39 is 6.10 Å². The van der Waals surface area contributed by atoms with Gasteiger partial charge in [0.2, 0.25) is 5.91 Å². The Morgan fingerprint density at radius 1 is 1.35 bits per heavy atom. The van der Waals surface area contributed by atoms with E-state index in [0.717, 1.165) is 5.56 Å². The summed E-state index contributed by atoms with van der Waals surface area (Å²) in [6.45, 7) is 3.11. The number of nitrogens with zero attached hydrogens (tertiary/aromatic N) is 4. The van der Waals surface area contributed by atoms with E-state index in [0.29, 0.717) is 44.8 Å². The van der Waals surface area contributed by atoms with Crippen molar-refractivity contribution in [3.05, 3.63) is 35.4 Å². The van der Waals surface area contributed by atoms with Crippen LogP contribution < -0.4 is 0 Å². The van der Waals surface area contributed by atoms with Gasteiger partial charge in [-0.15, -0.1) is 0 Å². The lowest BCUT2D eigenvalue weighted by molar-refractivity contribution is -0.132. The maximum absolute atomic E-state index is 12.2. The molecule has 2 rings (SSSR count). The highest BCUT2D eigenvalue weighted by Crippen LogP contribution is 2.13. The summed E-state index contributed by atoms with van der Waals surface area (Å²) in [4.78, 5) is 17.8. The molecule has 0 aliphatic carbocycles. The molecule has 0 radical (unpaired) electrons. The fraction of sp³-hybridized carbons (Fsp3) is 0.529. The second-order valence-corrected chi connectivity index (χ2v) is 6.24. The number of β-amino-alcohol motifs (C(OH)–C–C–N with tert-alkyl or cyclic N) is 1. The van der Waals surface area contributed by atoms with Crippen LogP contribution >= 0.6 is 0 Å². The second-order valence-electron chi connectivity index (χ2n) is 6.24. The van der Waals surface area contributed by atoms with Crippen LogP contribution in [0.25, 0.3) is 0 Å². The smallest absolute Gasteiger partial charge is 0.236 e. The number of likely N-dealkylation sites (N-methyl/N-ethyl adjacent to an activating group) is 1. The predicted molar refractivity (Wildman–Crippen MR) is 87.6 cm³/mol. The molecule has 1 N–H and O–H groups in total. The maximum Gasteiger partial charge on any atom is 0.236 e. The molecule has 1 aliphatic rings. The summed E-state index contributed by atoms with van der Waals surface area (Å²) in [5.41, 5.74) is 1.61. The quantitative estimate of drug-likeness (QED) is 0.855. The average Bonchev–Trinajstić information content (AvgIpc) is 2.68. The third-order valence-electron chi connectivity index (χ3n) is 3.92. The molecule has 1 heterocycles. The third-order valence-corrected chi connectivity index (χ3v) is 3.92. The van der Waals surface area contributed by atoms with Crippen LogP contribution in [0.2, 0.25) is 0 Å². The van der Waals surface area contributed by atoms with Crippen LogP contribution in [0.1, 0.15) is 11.1 Å². The summed E-state index contributed by atoms with van der Waals surface area (Å²) >= 11 is 0. The molecule has 6 heteroatoms. The summed E-state index contributed by atoms with van der Waals surface area (Å²) in [5.74, 6) is 0.0355. The van der Waals surface area contributed by atoms with Gasteiger partial charge in [-0.1, -0.05) is 18.2 Å². The van der Waals surface area contributed by atoms with Gasteiger partial charge in [-0.25, -0.2) is 0 Å². The number of aliphatic hydroxyl groups excluding tert-OH is 1. The molecule has 23 heavy (non-hydrogen) atoms. The molecular weight excluding hydrogens is 292 g/mol. The number of benzene rings is 1. The van der Waals surface area contributed by atoms with E-state index in [-0.39, 0.29) is 5.91 Å². The van der Waals surface area contributed by atoms with Crippen molar-refractivity contribution in [1.29, 1.82) is 5.26 Å². The molecule has 0 bridgehead atoms. The molecule has 1 aromatic rings. The maximum atomic E-state index is 12.2. The first-order chi connectivity index (χ1) is 11.0. The number of carbonyl (C=O) groups is 1. The summed E-state index contributed by atoms with van der Waals surface area (Å²) < 4.78 is 0. The van der Waals surface area contributed by atoms with E-state index in [2.05, 4.69) is 11.0 Å². The summed E-state index contributed by atoms with van der Waals surface area (Å²) in [6, 6.07) is 9.70. The molecule has 1 saturated heterocycles. The number of amides is 1. The number of hydrogen-bond acceptors (Lipinski definition) is 5. The van der Waals surface area contributed by atoms with Crippen LogP contribution in [0, 0.1) is 11.3 Å². The molecule has 0 unspecified atom stereocenters. The van der Waals surface area contributed by atoms with Gasteiger partial charge in [-0.05, 0) is 25.7 Å². The first-order valence-corrected chi connectivity index (χ1v) is 7.80. The monoisotopic (exact) mass is 316 g/mol. The van der Waals surface area contributed by atoms with Gasteiger partial charge in [0.05, 0.1) is 24.3 Å². The molecular formula is C17H24N4O2. The lowest BCUT2D eigenvalue weighted by atomic mass is 10.1. The third kappa shape index (κ3) is 5.03. The van der Waals surface area contributed by atoms with Crippen LogP contribution in [0.5, 0.6) is 0 Å². The molecule has 0 aromatic heterocycles. The fourth-order valence-electron chi connectivity index (χ4n) is 2.80. The van der Waals surface area contributed by atoms with E-state index in [4.69, 9.17) is 0 Å². The molecule has 0 spiro atoms. The fourth-order valence-corrected chi connectivity index (χ4v) is 2.80. The van der Waals surface area contributed by atoms with Crippen LogP contribution in [0.4, 0.5) is 0 Å². The Labute approximate surface area is 137 Å². The first kappa shape index (κ1) is 17.4. The summed E-state index contributed by atoms with van der Waals surface area (Å²) in [7, 11) is 3.72. The minimum atomic E-state index is -0.571. The Morgan fingerprint density at radius 3 is 2.78 bits per heavy atom. The standard InChI is InChI=1S/C17H24N4O2/c1-19(2)13-17(23)21-8-7-20(11-16(22)12-21)10-15-6-4-3-5-14(15)9-18/h3-6,16,22H,7-8,10-13H2,1-2H3/t16-/m1/s1. The first-order valence-electron chi connectivity index (χ1n) is 7.80. The van der Waals surface area contributed by atoms with Crippen molar-refractivity contribution in [2.24, 2.45) is 0 Å². The van der Waals surface area contributed by atoms with Crippen LogP contribution in [0.15, 0.2) is 24.3 Å². The SMILES string of the molecule is CN(C)CC(=O)N1CCN(Cc2ccccc2C#N)C[C@@H](O)C1. The van der Waals surface area contributed by atoms with Gasteiger partial charge < -0.3 is 14.9 Å². The Bertz CT molecular complexity index is 582. The minimum Gasteiger partial charge on any atom is -0.390 e.